The van der Waals surface area contributed by atoms with Gasteiger partial charge >= 0.3 is 0 Å². The molecule has 8 heteroatoms. The first-order valence-electron chi connectivity index (χ1n) is 9.70. The molecular formula is C22H25N3O4S. The fraction of sp³-hybridized carbons (Fsp3) is 0.318. The van der Waals surface area contributed by atoms with E-state index in [9.17, 15) is 13.2 Å². The Kier molecular flexibility index (Phi) is 6.07. The summed E-state index contributed by atoms with van der Waals surface area (Å²) in [5.74, 6) is 0.676. The Balaban J connectivity index is 1.90. The van der Waals surface area contributed by atoms with Crippen molar-refractivity contribution in [3.8, 4) is 11.5 Å². The highest BCUT2D eigenvalue weighted by Crippen LogP contribution is 2.31. The van der Waals surface area contributed by atoms with Crippen LogP contribution >= 0.6 is 0 Å². The average Bonchev–Trinajstić information content (AvgIpc) is 3.20. The number of amides is 1. The minimum atomic E-state index is -3.39. The third kappa shape index (κ3) is 4.28. The molecule has 30 heavy (non-hydrogen) atoms. The standard InChI is InChI=1S/C22H25N3O4S/c1-13(2)20-24-22(29-25-20)18-8-6-7-15(5)19(18)23-21(26)16-9-11-17(12-10-16)30(27,28)14(3)4/h6-14H,1-5H3,(H,23,26). The summed E-state index contributed by atoms with van der Waals surface area (Å²) in [5.41, 5.74) is 2.38. The lowest BCUT2D eigenvalue weighted by atomic mass is 10.1. The number of carbonyl (C=O) groups excluding carboxylic acids is 1. The van der Waals surface area contributed by atoms with Crippen LogP contribution in [0.1, 0.15) is 55.4 Å². The van der Waals surface area contributed by atoms with Crippen molar-refractivity contribution in [2.24, 2.45) is 0 Å². The van der Waals surface area contributed by atoms with Gasteiger partial charge in [0.15, 0.2) is 15.7 Å². The Hall–Kier alpha value is -3.00. The first-order valence-corrected chi connectivity index (χ1v) is 11.2. The smallest absolute Gasteiger partial charge is 0.260 e. The van der Waals surface area contributed by atoms with Crippen LogP contribution in [0.15, 0.2) is 51.9 Å². The minimum absolute atomic E-state index is 0.117. The molecule has 0 saturated carbocycles. The fourth-order valence-corrected chi connectivity index (χ4v) is 3.90. The number of benzene rings is 2. The van der Waals surface area contributed by atoms with Crippen LogP contribution in [0.3, 0.4) is 0 Å². The van der Waals surface area contributed by atoms with E-state index >= 15 is 0 Å². The van der Waals surface area contributed by atoms with Gasteiger partial charge in [0.1, 0.15) is 0 Å². The first-order chi connectivity index (χ1) is 14.1. The molecule has 0 aliphatic carbocycles. The zero-order chi connectivity index (χ0) is 22.1. The number of para-hydroxylation sites is 1. The summed E-state index contributed by atoms with van der Waals surface area (Å²) in [6.45, 7) is 9.06. The van der Waals surface area contributed by atoms with Gasteiger partial charge in [0.2, 0.25) is 0 Å². The van der Waals surface area contributed by atoms with Crippen molar-refractivity contribution in [2.75, 3.05) is 5.32 Å². The Morgan fingerprint density at radius 1 is 1.03 bits per heavy atom. The van der Waals surface area contributed by atoms with Crippen molar-refractivity contribution < 1.29 is 17.7 Å². The van der Waals surface area contributed by atoms with E-state index in [0.717, 1.165) is 5.56 Å². The van der Waals surface area contributed by atoms with E-state index in [0.29, 0.717) is 28.5 Å². The topological polar surface area (TPSA) is 102 Å². The van der Waals surface area contributed by atoms with Crippen LogP contribution < -0.4 is 5.32 Å². The first kappa shape index (κ1) is 21.7. The Morgan fingerprint density at radius 3 is 2.27 bits per heavy atom. The van der Waals surface area contributed by atoms with E-state index in [1.807, 2.05) is 32.9 Å². The number of aromatic nitrogens is 2. The van der Waals surface area contributed by atoms with Gasteiger partial charge in [-0.3, -0.25) is 4.79 Å². The van der Waals surface area contributed by atoms with Crippen molar-refractivity contribution in [1.29, 1.82) is 0 Å². The zero-order valence-electron chi connectivity index (χ0n) is 17.6. The van der Waals surface area contributed by atoms with Crippen LogP contribution in [-0.2, 0) is 9.84 Å². The van der Waals surface area contributed by atoms with Crippen LogP contribution in [0.2, 0.25) is 0 Å². The maximum atomic E-state index is 12.8. The van der Waals surface area contributed by atoms with Crippen LogP contribution in [0.5, 0.6) is 0 Å². The van der Waals surface area contributed by atoms with Crippen molar-refractivity contribution in [3.63, 3.8) is 0 Å². The predicted octanol–water partition coefficient (Wildman–Crippen LogP) is 4.60. The average molecular weight is 428 g/mol. The van der Waals surface area contributed by atoms with Gasteiger partial charge in [-0.2, -0.15) is 4.98 Å². The predicted molar refractivity (Wildman–Crippen MR) is 115 cm³/mol. The third-order valence-corrected chi connectivity index (χ3v) is 6.94. The van der Waals surface area contributed by atoms with Gasteiger partial charge in [0.05, 0.1) is 21.4 Å². The number of nitrogens with one attached hydrogen (secondary N) is 1. The normalized spacial score (nSPS) is 11.8. The molecule has 0 atom stereocenters. The van der Waals surface area contributed by atoms with Crippen LogP contribution in [0.4, 0.5) is 5.69 Å². The van der Waals surface area contributed by atoms with Gasteiger partial charge in [0.25, 0.3) is 11.8 Å². The molecular weight excluding hydrogens is 402 g/mol. The minimum Gasteiger partial charge on any atom is -0.334 e. The lowest BCUT2D eigenvalue weighted by Crippen LogP contribution is -2.16. The van der Waals surface area contributed by atoms with Crippen LogP contribution in [0.25, 0.3) is 11.5 Å². The lowest BCUT2D eigenvalue weighted by Gasteiger charge is -2.12. The summed E-state index contributed by atoms with van der Waals surface area (Å²) >= 11 is 0. The van der Waals surface area contributed by atoms with Crippen molar-refractivity contribution in [2.45, 2.75) is 50.7 Å². The number of sulfone groups is 1. The molecule has 0 aliphatic rings. The maximum absolute atomic E-state index is 12.8. The number of rotatable bonds is 6. The van der Waals surface area contributed by atoms with E-state index < -0.39 is 15.1 Å². The summed E-state index contributed by atoms with van der Waals surface area (Å²) in [5, 5.41) is 6.36. The second kappa shape index (κ2) is 8.39. The highest BCUT2D eigenvalue weighted by atomic mass is 32.2. The molecule has 1 aromatic heterocycles. The van der Waals surface area contributed by atoms with Crippen molar-refractivity contribution in [1.82, 2.24) is 10.1 Å². The van der Waals surface area contributed by atoms with Gasteiger partial charge in [0, 0.05) is 11.5 Å². The Labute approximate surface area is 176 Å². The number of aryl methyl sites for hydroxylation is 1. The molecule has 0 unspecified atom stereocenters. The number of carbonyl (C=O) groups is 1. The molecule has 1 N–H and O–H groups in total. The summed E-state index contributed by atoms with van der Waals surface area (Å²) < 4.78 is 29.9. The molecule has 0 saturated heterocycles. The quantitative estimate of drug-likeness (QED) is 0.617. The molecule has 3 aromatic rings. The SMILES string of the molecule is Cc1cccc(-c2nc(C(C)C)no2)c1NC(=O)c1ccc(S(=O)(=O)C(C)C)cc1. The second-order valence-corrected chi connectivity index (χ2v) is 10.2. The van der Waals surface area contributed by atoms with Gasteiger partial charge in [-0.25, -0.2) is 8.42 Å². The maximum Gasteiger partial charge on any atom is 0.260 e. The molecule has 0 bridgehead atoms. The Bertz CT molecular complexity index is 1160. The monoisotopic (exact) mass is 427 g/mol. The molecule has 0 radical (unpaired) electrons. The van der Waals surface area contributed by atoms with E-state index in [2.05, 4.69) is 15.5 Å². The summed E-state index contributed by atoms with van der Waals surface area (Å²) in [4.78, 5) is 17.4. The van der Waals surface area contributed by atoms with Gasteiger partial charge < -0.3 is 9.84 Å². The van der Waals surface area contributed by atoms with E-state index in [-0.39, 0.29) is 16.7 Å². The van der Waals surface area contributed by atoms with Gasteiger partial charge in [-0.15, -0.1) is 0 Å². The second-order valence-electron chi connectivity index (χ2n) is 7.68. The molecule has 2 aromatic carbocycles. The summed E-state index contributed by atoms with van der Waals surface area (Å²) in [6, 6.07) is 11.4. The Morgan fingerprint density at radius 2 is 1.70 bits per heavy atom. The van der Waals surface area contributed by atoms with E-state index in [1.54, 1.807) is 19.9 Å². The zero-order valence-corrected chi connectivity index (χ0v) is 18.4. The molecule has 0 spiro atoms. The molecule has 1 heterocycles. The highest BCUT2D eigenvalue weighted by Gasteiger charge is 2.21. The highest BCUT2D eigenvalue weighted by molar-refractivity contribution is 7.92. The van der Waals surface area contributed by atoms with Gasteiger partial charge in [-0.1, -0.05) is 31.1 Å². The fourth-order valence-electron chi connectivity index (χ4n) is 2.84. The molecule has 158 valence electrons. The summed E-state index contributed by atoms with van der Waals surface area (Å²) in [7, 11) is -3.39. The molecule has 3 rings (SSSR count). The number of hydrogen-bond acceptors (Lipinski definition) is 6. The molecule has 1 amide bonds. The number of anilines is 1. The lowest BCUT2D eigenvalue weighted by molar-refractivity contribution is 0.102. The van der Waals surface area contributed by atoms with E-state index in [1.165, 1.54) is 24.3 Å². The van der Waals surface area contributed by atoms with Crippen LogP contribution in [0, 0.1) is 6.92 Å². The third-order valence-electron chi connectivity index (χ3n) is 4.77. The van der Waals surface area contributed by atoms with Gasteiger partial charge in [-0.05, 0) is 56.7 Å². The number of hydrogen-bond donors (Lipinski definition) is 1. The summed E-state index contributed by atoms with van der Waals surface area (Å²) in [6.07, 6.45) is 0. The molecule has 0 aliphatic heterocycles. The molecule has 0 fully saturated rings. The van der Waals surface area contributed by atoms with Crippen LogP contribution in [-0.4, -0.2) is 29.7 Å². The van der Waals surface area contributed by atoms with Crippen molar-refractivity contribution in [3.05, 3.63) is 59.4 Å². The van der Waals surface area contributed by atoms with E-state index in [4.69, 9.17) is 4.52 Å². The largest absolute Gasteiger partial charge is 0.334 e. The van der Waals surface area contributed by atoms with Crippen molar-refractivity contribution >= 4 is 21.4 Å². The number of nitrogens with zero attached hydrogens (tertiary/aromatic N) is 2. The molecule has 7 nitrogen and oxygen atoms in total.